The highest BCUT2D eigenvalue weighted by Gasteiger charge is 2.12. The van der Waals surface area contributed by atoms with Gasteiger partial charge in [-0.25, -0.2) is 12.8 Å². The number of hydrogen-bond acceptors (Lipinski definition) is 5. The van der Waals surface area contributed by atoms with Gasteiger partial charge < -0.3 is 20.1 Å². The van der Waals surface area contributed by atoms with E-state index < -0.39 is 9.84 Å². The first-order valence-electron chi connectivity index (χ1n) is 10.3. The lowest BCUT2D eigenvalue weighted by Crippen LogP contribution is -2.33. The van der Waals surface area contributed by atoms with Crippen molar-refractivity contribution in [1.29, 1.82) is 0 Å². The molecule has 2 N–H and O–H groups in total. The van der Waals surface area contributed by atoms with E-state index in [2.05, 4.69) is 15.6 Å². The number of ether oxygens (including phenoxy) is 2. The molecule has 0 spiro atoms. The van der Waals surface area contributed by atoms with Crippen LogP contribution in [0.4, 0.5) is 10.1 Å². The maximum atomic E-state index is 13.4. The third-order valence-corrected chi connectivity index (χ3v) is 6.40. The molecule has 0 radical (unpaired) electrons. The number of nitrogens with zero attached hydrogens (tertiary/aromatic N) is 1. The standard InChI is InChI=1S/C22H28FN3O4S.HI/c1-2-31(27,28)14-11-25-22(24-10-9-17-5-3-6-18(23)15-17)26-19-7-8-20-21(16-19)30-13-4-12-29-20;/h3,5-8,15-16H,2,4,9-14H2,1H3,(H2,24,25,26);1H. The highest BCUT2D eigenvalue weighted by Crippen LogP contribution is 2.32. The fourth-order valence-corrected chi connectivity index (χ4v) is 3.63. The van der Waals surface area contributed by atoms with Crippen molar-refractivity contribution in [2.24, 2.45) is 4.99 Å². The van der Waals surface area contributed by atoms with E-state index in [1.807, 2.05) is 24.3 Å². The fourth-order valence-electron chi connectivity index (χ4n) is 2.98. The minimum Gasteiger partial charge on any atom is -0.490 e. The van der Waals surface area contributed by atoms with Crippen molar-refractivity contribution in [3.63, 3.8) is 0 Å². The van der Waals surface area contributed by atoms with Gasteiger partial charge in [-0.15, -0.1) is 24.0 Å². The molecule has 2 aromatic rings. The molecule has 176 valence electrons. The molecule has 32 heavy (non-hydrogen) atoms. The Labute approximate surface area is 205 Å². The van der Waals surface area contributed by atoms with Gasteiger partial charge in [0.1, 0.15) is 5.82 Å². The van der Waals surface area contributed by atoms with E-state index in [1.54, 1.807) is 13.0 Å². The summed E-state index contributed by atoms with van der Waals surface area (Å²) in [5, 5.41) is 6.37. The van der Waals surface area contributed by atoms with Crippen molar-refractivity contribution in [2.45, 2.75) is 19.8 Å². The fraction of sp³-hybridized carbons (Fsp3) is 0.409. The van der Waals surface area contributed by atoms with Crippen molar-refractivity contribution in [1.82, 2.24) is 5.32 Å². The summed E-state index contributed by atoms with van der Waals surface area (Å²) in [6.07, 6.45) is 1.41. The number of aliphatic imine (C=N–C) groups is 1. The Hall–Kier alpha value is -2.08. The number of fused-ring (bicyclic) bond motifs is 1. The smallest absolute Gasteiger partial charge is 0.195 e. The summed E-state index contributed by atoms with van der Waals surface area (Å²) in [6, 6.07) is 11.9. The molecule has 0 bridgehead atoms. The van der Waals surface area contributed by atoms with Gasteiger partial charge >= 0.3 is 0 Å². The Morgan fingerprint density at radius 3 is 2.66 bits per heavy atom. The number of benzene rings is 2. The van der Waals surface area contributed by atoms with Crippen LogP contribution in [-0.4, -0.2) is 52.2 Å². The molecule has 2 aromatic carbocycles. The molecule has 0 unspecified atom stereocenters. The molecule has 10 heteroatoms. The number of anilines is 1. The zero-order valence-electron chi connectivity index (χ0n) is 18.0. The molecule has 3 rings (SSSR count). The Kier molecular flexibility index (Phi) is 10.5. The van der Waals surface area contributed by atoms with Crippen LogP contribution in [0.3, 0.4) is 0 Å². The van der Waals surface area contributed by atoms with Crippen LogP contribution in [0.15, 0.2) is 47.5 Å². The first-order valence-corrected chi connectivity index (χ1v) is 12.2. The van der Waals surface area contributed by atoms with E-state index in [0.29, 0.717) is 43.6 Å². The summed E-state index contributed by atoms with van der Waals surface area (Å²) >= 11 is 0. The molecular weight excluding hydrogens is 548 g/mol. The van der Waals surface area contributed by atoms with Gasteiger partial charge in [0.15, 0.2) is 27.3 Å². The van der Waals surface area contributed by atoms with Crippen molar-refractivity contribution in [3.05, 3.63) is 53.8 Å². The van der Waals surface area contributed by atoms with Gasteiger partial charge in [-0.05, 0) is 36.2 Å². The van der Waals surface area contributed by atoms with E-state index in [1.165, 1.54) is 12.1 Å². The lowest BCUT2D eigenvalue weighted by Gasteiger charge is -2.15. The predicted molar refractivity (Wildman–Crippen MR) is 136 cm³/mol. The SMILES string of the molecule is CCS(=O)(=O)CCN=C(NCCc1cccc(F)c1)Nc1ccc2c(c1)OCCCO2.I. The number of hydrogen-bond donors (Lipinski definition) is 2. The zero-order chi connectivity index (χ0) is 22.1. The minimum atomic E-state index is -3.11. The molecule has 0 amide bonds. The Morgan fingerprint density at radius 2 is 1.91 bits per heavy atom. The van der Waals surface area contributed by atoms with Crippen LogP contribution in [0.2, 0.25) is 0 Å². The lowest BCUT2D eigenvalue weighted by molar-refractivity contribution is 0.297. The van der Waals surface area contributed by atoms with E-state index >= 15 is 0 Å². The lowest BCUT2D eigenvalue weighted by atomic mass is 10.1. The number of rotatable bonds is 8. The van der Waals surface area contributed by atoms with Crippen LogP contribution >= 0.6 is 24.0 Å². The Balaban J connectivity index is 0.00000363. The van der Waals surface area contributed by atoms with Crippen LogP contribution in [0.1, 0.15) is 18.9 Å². The molecule has 0 atom stereocenters. The molecule has 7 nitrogen and oxygen atoms in total. The van der Waals surface area contributed by atoms with Crippen molar-refractivity contribution in [3.8, 4) is 11.5 Å². The van der Waals surface area contributed by atoms with E-state index in [9.17, 15) is 12.8 Å². The van der Waals surface area contributed by atoms with Gasteiger partial charge in [0.2, 0.25) is 0 Å². The summed E-state index contributed by atoms with van der Waals surface area (Å²) in [6.45, 7) is 3.45. The number of sulfone groups is 1. The van der Waals surface area contributed by atoms with Crippen LogP contribution in [0.5, 0.6) is 11.5 Å². The molecule has 1 heterocycles. The van der Waals surface area contributed by atoms with Gasteiger partial charge in [0.05, 0.1) is 25.5 Å². The zero-order valence-corrected chi connectivity index (χ0v) is 21.1. The minimum absolute atomic E-state index is 0. The maximum Gasteiger partial charge on any atom is 0.195 e. The van der Waals surface area contributed by atoms with Crippen molar-refractivity contribution < 1.29 is 22.3 Å². The van der Waals surface area contributed by atoms with Crippen LogP contribution in [0.25, 0.3) is 0 Å². The molecular formula is C22H29FIN3O4S. The van der Waals surface area contributed by atoms with Gasteiger partial charge in [-0.1, -0.05) is 19.1 Å². The second kappa shape index (κ2) is 12.8. The molecule has 0 saturated heterocycles. The van der Waals surface area contributed by atoms with Crippen LogP contribution in [0, 0.1) is 5.82 Å². The third kappa shape index (κ3) is 8.45. The van der Waals surface area contributed by atoms with Crippen molar-refractivity contribution in [2.75, 3.05) is 43.1 Å². The van der Waals surface area contributed by atoms with Gasteiger partial charge in [-0.2, -0.15) is 0 Å². The second-order valence-corrected chi connectivity index (χ2v) is 9.58. The van der Waals surface area contributed by atoms with E-state index in [4.69, 9.17) is 9.47 Å². The molecule has 0 saturated carbocycles. The van der Waals surface area contributed by atoms with Gasteiger partial charge in [0, 0.05) is 30.5 Å². The summed E-state index contributed by atoms with van der Waals surface area (Å²) in [4.78, 5) is 4.40. The monoisotopic (exact) mass is 577 g/mol. The molecule has 0 fully saturated rings. The first-order chi connectivity index (χ1) is 14.9. The van der Waals surface area contributed by atoms with E-state index in [-0.39, 0.29) is 47.8 Å². The molecule has 0 aromatic heterocycles. The summed E-state index contributed by atoms with van der Waals surface area (Å²) in [5.41, 5.74) is 1.59. The van der Waals surface area contributed by atoms with Gasteiger partial charge in [-0.3, -0.25) is 4.99 Å². The molecule has 0 aliphatic carbocycles. The highest BCUT2D eigenvalue weighted by molar-refractivity contribution is 14.0. The van der Waals surface area contributed by atoms with Gasteiger partial charge in [0.25, 0.3) is 0 Å². The number of nitrogens with one attached hydrogen (secondary N) is 2. The molecule has 1 aliphatic rings. The number of guanidine groups is 1. The number of halogens is 2. The van der Waals surface area contributed by atoms with E-state index in [0.717, 1.165) is 17.7 Å². The maximum absolute atomic E-state index is 13.4. The quantitative estimate of drug-likeness (QED) is 0.283. The first kappa shape index (κ1) is 26.2. The van der Waals surface area contributed by atoms with Crippen LogP contribution < -0.4 is 20.1 Å². The topological polar surface area (TPSA) is 89.0 Å². The second-order valence-electron chi connectivity index (χ2n) is 7.11. The normalized spacial score (nSPS) is 13.6. The van der Waals surface area contributed by atoms with Crippen LogP contribution in [-0.2, 0) is 16.3 Å². The average Bonchev–Trinajstić information content (AvgIpc) is 2.98. The predicted octanol–water partition coefficient (Wildman–Crippen LogP) is 3.64. The molecule has 1 aliphatic heterocycles. The largest absolute Gasteiger partial charge is 0.490 e. The highest BCUT2D eigenvalue weighted by atomic mass is 127. The summed E-state index contributed by atoms with van der Waals surface area (Å²) in [5.74, 6) is 1.56. The third-order valence-electron chi connectivity index (χ3n) is 4.72. The Morgan fingerprint density at radius 1 is 1.12 bits per heavy atom. The summed E-state index contributed by atoms with van der Waals surface area (Å²) < 4.78 is 48.3. The average molecular weight is 577 g/mol. The summed E-state index contributed by atoms with van der Waals surface area (Å²) in [7, 11) is -3.11. The Bertz CT molecular complexity index is 1020. The van der Waals surface area contributed by atoms with Crippen molar-refractivity contribution >= 4 is 45.5 Å².